The number of alkyl halides is 3. The Bertz CT molecular complexity index is 1380. The summed E-state index contributed by atoms with van der Waals surface area (Å²) in [6.07, 6.45) is -9.49. The lowest BCUT2D eigenvalue weighted by molar-refractivity contribution is -0.341. The molecule has 4 aromatic carbocycles. The Morgan fingerprint density at radius 2 is 0.889 bits per heavy atom. The van der Waals surface area contributed by atoms with Gasteiger partial charge in [-0.05, 0) is 22.3 Å². The molecule has 1 aliphatic rings. The van der Waals surface area contributed by atoms with E-state index in [1.54, 1.807) is 0 Å². The largest absolute Gasteiger partial charge is 0.411 e. The van der Waals surface area contributed by atoms with Crippen molar-refractivity contribution in [3.63, 3.8) is 0 Å². The zero-order valence-corrected chi connectivity index (χ0v) is 24.8. The summed E-state index contributed by atoms with van der Waals surface area (Å²) in [4.78, 5) is 0. The molecule has 1 aliphatic heterocycles. The molecule has 0 aromatic heterocycles. The molecule has 4 aromatic rings. The summed E-state index contributed by atoms with van der Waals surface area (Å²) in [5.74, 6) is 0. The Morgan fingerprint density at radius 3 is 1.33 bits per heavy atom. The second kappa shape index (κ2) is 16.7. The third-order valence-electron chi connectivity index (χ3n) is 7.25. The molecule has 0 spiro atoms. The molecule has 0 unspecified atom stereocenters. The molecule has 1 heterocycles. The Kier molecular flexibility index (Phi) is 12.1. The van der Waals surface area contributed by atoms with E-state index in [0.717, 1.165) is 22.3 Å². The summed E-state index contributed by atoms with van der Waals surface area (Å²) >= 11 is 0. The Hall–Kier alpha value is -3.57. The Balaban J connectivity index is 1.43. The molecule has 1 saturated heterocycles. The highest BCUT2D eigenvalue weighted by atomic mass is 19.4. The zero-order valence-electron chi connectivity index (χ0n) is 24.8. The molecular weight excluding hydrogens is 585 g/mol. The third kappa shape index (κ3) is 10.5. The van der Waals surface area contributed by atoms with E-state index in [2.05, 4.69) is 0 Å². The lowest BCUT2D eigenvalue weighted by Crippen LogP contribution is -2.62. The smallest absolute Gasteiger partial charge is 0.374 e. The first kappa shape index (κ1) is 32.8. The van der Waals surface area contributed by atoms with Crippen LogP contribution in [0.4, 0.5) is 13.2 Å². The quantitative estimate of drug-likeness (QED) is 0.139. The zero-order chi connectivity index (χ0) is 31.3. The van der Waals surface area contributed by atoms with Gasteiger partial charge in [0.25, 0.3) is 0 Å². The van der Waals surface area contributed by atoms with E-state index in [9.17, 15) is 13.2 Å². The Labute approximate surface area is 261 Å². The molecular formula is C36H37F3O6. The van der Waals surface area contributed by atoms with E-state index in [-0.39, 0.29) is 33.0 Å². The van der Waals surface area contributed by atoms with Crippen LogP contribution in [0.25, 0.3) is 0 Å². The molecule has 45 heavy (non-hydrogen) atoms. The molecule has 9 heteroatoms. The van der Waals surface area contributed by atoms with Crippen LogP contribution in [0.5, 0.6) is 0 Å². The molecule has 5 rings (SSSR count). The second-order valence-electron chi connectivity index (χ2n) is 10.8. The van der Waals surface area contributed by atoms with Gasteiger partial charge in [0, 0.05) is 0 Å². The maximum Gasteiger partial charge on any atom is 0.411 e. The Morgan fingerprint density at radius 1 is 0.489 bits per heavy atom. The topological polar surface area (TPSA) is 55.4 Å². The van der Waals surface area contributed by atoms with Gasteiger partial charge in [-0.25, -0.2) is 0 Å². The fourth-order valence-electron chi connectivity index (χ4n) is 5.06. The average molecular weight is 623 g/mol. The van der Waals surface area contributed by atoms with E-state index in [1.165, 1.54) is 0 Å². The van der Waals surface area contributed by atoms with Gasteiger partial charge in [0.1, 0.15) is 31.0 Å². The van der Waals surface area contributed by atoms with Gasteiger partial charge in [0.15, 0.2) is 6.29 Å². The minimum absolute atomic E-state index is 0.0246. The van der Waals surface area contributed by atoms with Crippen LogP contribution in [0.3, 0.4) is 0 Å². The number of rotatable bonds is 15. The molecule has 0 saturated carbocycles. The van der Waals surface area contributed by atoms with Crippen LogP contribution in [0.1, 0.15) is 22.3 Å². The molecule has 0 N–H and O–H groups in total. The number of benzene rings is 4. The van der Waals surface area contributed by atoms with E-state index in [0.29, 0.717) is 0 Å². The molecule has 238 valence electrons. The first-order valence-electron chi connectivity index (χ1n) is 14.9. The maximum atomic E-state index is 13.4. The van der Waals surface area contributed by atoms with Crippen LogP contribution in [0.2, 0.25) is 0 Å². The van der Waals surface area contributed by atoms with Crippen molar-refractivity contribution in [1.29, 1.82) is 0 Å². The molecule has 0 radical (unpaired) electrons. The van der Waals surface area contributed by atoms with Crippen molar-refractivity contribution < 1.29 is 41.6 Å². The lowest BCUT2D eigenvalue weighted by atomic mass is 9.97. The van der Waals surface area contributed by atoms with Crippen molar-refractivity contribution in [3.05, 3.63) is 144 Å². The summed E-state index contributed by atoms with van der Waals surface area (Å²) < 4.78 is 77.2. The SMILES string of the molecule is FC(F)(F)CO[C@@H]1O[C@H](COCc2ccccc2)[C@@H](OCc2ccccc2)[C@H](OCc2ccccc2)[C@@H]1OCc1ccccc1. The first-order chi connectivity index (χ1) is 21.9. The summed E-state index contributed by atoms with van der Waals surface area (Å²) in [6, 6.07) is 38.1. The summed E-state index contributed by atoms with van der Waals surface area (Å²) in [6.45, 7) is -0.714. The van der Waals surface area contributed by atoms with Gasteiger partial charge in [-0.15, -0.1) is 0 Å². The standard InChI is InChI=1S/C36H37F3O6/c37-36(38,39)26-44-35-34(43-24-30-19-11-4-12-20-30)33(42-23-29-17-9-3-10-18-29)32(41-22-28-15-7-2-8-16-28)31(45-35)25-40-21-27-13-5-1-6-14-27/h1-20,31-35H,21-26H2/t31-,32-,33+,34+,35-/m1/s1. The van der Waals surface area contributed by atoms with Crippen molar-refractivity contribution in [3.8, 4) is 0 Å². The van der Waals surface area contributed by atoms with Crippen molar-refractivity contribution in [2.75, 3.05) is 13.2 Å². The maximum absolute atomic E-state index is 13.4. The van der Waals surface area contributed by atoms with Gasteiger partial charge in [-0.1, -0.05) is 121 Å². The molecule has 1 fully saturated rings. The molecule has 0 amide bonds. The molecule has 0 bridgehead atoms. The average Bonchev–Trinajstić information content (AvgIpc) is 3.06. The predicted octanol–water partition coefficient (Wildman–Crippen LogP) is 7.26. The van der Waals surface area contributed by atoms with E-state index < -0.39 is 43.5 Å². The van der Waals surface area contributed by atoms with Gasteiger partial charge in [-0.3, -0.25) is 0 Å². The predicted molar refractivity (Wildman–Crippen MR) is 162 cm³/mol. The van der Waals surface area contributed by atoms with Gasteiger partial charge in [-0.2, -0.15) is 13.2 Å². The highest BCUT2D eigenvalue weighted by Gasteiger charge is 2.50. The number of hydrogen-bond donors (Lipinski definition) is 0. The summed E-state index contributed by atoms with van der Waals surface area (Å²) in [5, 5.41) is 0. The van der Waals surface area contributed by atoms with Gasteiger partial charge in [0.05, 0.1) is 33.0 Å². The highest BCUT2D eigenvalue weighted by molar-refractivity contribution is 5.16. The van der Waals surface area contributed by atoms with Gasteiger partial charge in [0.2, 0.25) is 0 Å². The monoisotopic (exact) mass is 622 g/mol. The van der Waals surface area contributed by atoms with Crippen LogP contribution in [-0.4, -0.2) is 50.1 Å². The minimum atomic E-state index is -4.58. The normalized spacial score (nSPS) is 21.9. The second-order valence-corrected chi connectivity index (χ2v) is 10.8. The van der Waals surface area contributed by atoms with Crippen LogP contribution in [-0.2, 0) is 54.8 Å². The summed E-state index contributed by atoms with van der Waals surface area (Å²) in [7, 11) is 0. The van der Waals surface area contributed by atoms with Crippen molar-refractivity contribution in [2.24, 2.45) is 0 Å². The van der Waals surface area contributed by atoms with Crippen LogP contribution >= 0.6 is 0 Å². The first-order valence-corrected chi connectivity index (χ1v) is 14.9. The minimum Gasteiger partial charge on any atom is -0.374 e. The number of halogens is 3. The fourth-order valence-corrected chi connectivity index (χ4v) is 5.06. The van der Waals surface area contributed by atoms with E-state index in [1.807, 2.05) is 121 Å². The van der Waals surface area contributed by atoms with Crippen molar-refractivity contribution in [1.82, 2.24) is 0 Å². The van der Waals surface area contributed by atoms with E-state index in [4.69, 9.17) is 28.4 Å². The third-order valence-corrected chi connectivity index (χ3v) is 7.25. The van der Waals surface area contributed by atoms with Crippen LogP contribution in [0.15, 0.2) is 121 Å². The fraction of sp³-hybridized carbons (Fsp3) is 0.333. The number of hydrogen-bond acceptors (Lipinski definition) is 6. The molecule has 6 nitrogen and oxygen atoms in total. The van der Waals surface area contributed by atoms with Crippen LogP contribution < -0.4 is 0 Å². The van der Waals surface area contributed by atoms with Gasteiger partial charge >= 0.3 is 6.18 Å². The molecule has 5 atom stereocenters. The van der Waals surface area contributed by atoms with Crippen molar-refractivity contribution >= 4 is 0 Å². The summed E-state index contributed by atoms with van der Waals surface area (Å²) in [5.41, 5.74) is 3.59. The van der Waals surface area contributed by atoms with E-state index >= 15 is 0 Å². The van der Waals surface area contributed by atoms with Crippen LogP contribution in [0, 0.1) is 0 Å². The highest BCUT2D eigenvalue weighted by Crippen LogP contribution is 2.32. The number of ether oxygens (including phenoxy) is 6. The van der Waals surface area contributed by atoms with Crippen molar-refractivity contribution in [2.45, 2.75) is 63.3 Å². The van der Waals surface area contributed by atoms with Gasteiger partial charge < -0.3 is 28.4 Å². The molecule has 0 aliphatic carbocycles. The lowest BCUT2D eigenvalue weighted by Gasteiger charge is -2.46.